The van der Waals surface area contributed by atoms with Gasteiger partial charge in [-0.3, -0.25) is 4.79 Å². The molecule has 122 valence electrons. The summed E-state index contributed by atoms with van der Waals surface area (Å²) < 4.78 is 5.05. The summed E-state index contributed by atoms with van der Waals surface area (Å²) in [6.45, 7) is 4.65. The van der Waals surface area contributed by atoms with E-state index in [-0.39, 0.29) is 5.91 Å². The maximum Gasteiger partial charge on any atom is 0.223 e. The molecule has 3 rings (SSSR count). The number of amides is 1. The maximum atomic E-state index is 12.0. The van der Waals surface area contributed by atoms with Gasteiger partial charge in [0.25, 0.3) is 0 Å². The fraction of sp³-hybridized carbons (Fsp3) is 0.471. The lowest BCUT2D eigenvalue weighted by molar-refractivity contribution is -0.128. The van der Waals surface area contributed by atoms with Gasteiger partial charge in [0.05, 0.1) is 12.1 Å². The number of nitrogens with one attached hydrogen (secondary N) is 1. The molecule has 1 fully saturated rings. The zero-order chi connectivity index (χ0) is 16.2. The number of anilines is 1. The SMILES string of the molecule is COCCN1CC(CNc2nc(C)nc3ccccc23)CC1=O. The topological polar surface area (TPSA) is 67.3 Å². The van der Waals surface area contributed by atoms with Gasteiger partial charge in [0, 0.05) is 44.5 Å². The fourth-order valence-electron chi connectivity index (χ4n) is 2.98. The summed E-state index contributed by atoms with van der Waals surface area (Å²) in [4.78, 5) is 22.8. The van der Waals surface area contributed by atoms with Crippen molar-refractivity contribution in [3.8, 4) is 0 Å². The summed E-state index contributed by atoms with van der Waals surface area (Å²) in [6.07, 6.45) is 0.582. The van der Waals surface area contributed by atoms with Crippen molar-refractivity contribution in [2.75, 3.05) is 38.7 Å². The number of methoxy groups -OCH3 is 1. The molecule has 6 nitrogen and oxygen atoms in total. The standard InChI is InChI=1S/C17H22N4O2/c1-12-19-15-6-4-3-5-14(15)17(20-12)18-10-13-9-16(22)21(11-13)7-8-23-2/h3-6,13H,7-11H2,1-2H3,(H,18,19,20). The Morgan fingerprint density at radius 1 is 1.35 bits per heavy atom. The molecule has 1 aliphatic rings. The van der Waals surface area contributed by atoms with Crippen molar-refractivity contribution in [2.45, 2.75) is 13.3 Å². The van der Waals surface area contributed by atoms with E-state index in [0.29, 0.717) is 25.5 Å². The van der Waals surface area contributed by atoms with E-state index in [4.69, 9.17) is 4.74 Å². The molecule has 6 heteroatoms. The Labute approximate surface area is 135 Å². The summed E-state index contributed by atoms with van der Waals surface area (Å²) in [6, 6.07) is 7.96. The predicted molar refractivity (Wildman–Crippen MR) is 89.3 cm³/mol. The molecule has 0 aliphatic carbocycles. The number of fused-ring (bicyclic) bond motifs is 1. The lowest BCUT2D eigenvalue weighted by atomic mass is 10.1. The number of rotatable bonds is 6. The lowest BCUT2D eigenvalue weighted by Gasteiger charge is -2.16. The van der Waals surface area contributed by atoms with E-state index in [1.54, 1.807) is 7.11 Å². The van der Waals surface area contributed by atoms with Crippen LogP contribution >= 0.6 is 0 Å². The molecule has 1 amide bonds. The molecular formula is C17H22N4O2. The first-order valence-electron chi connectivity index (χ1n) is 7.91. The molecule has 23 heavy (non-hydrogen) atoms. The Morgan fingerprint density at radius 3 is 3.00 bits per heavy atom. The molecule has 0 spiro atoms. The predicted octanol–water partition coefficient (Wildman–Crippen LogP) is 1.85. The van der Waals surface area contributed by atoms with E-state index in [1.165, 1.54) is 0 Å². The molecule has 1 saturated heterocycles. The molecule has 1 aromatic heterocycles. The van der Waals surface area contributed by atoms with Gasteiger partial charge in [0.2, 0.25) is 5.91 Å². The second-order valence-corrected chi connectivity index (χ2v) is 5.92. The molecule has 1 unspecified atom stereocenters. The first-order valence-corrected chi connectivity index (χ1v) is 7.91. The molecular weight excluding hydrogens is 292 g/mol. The molecule has 0 radical (unpaired) electrons. The van der Waals surface area contributed by atoms with Crippen LogP contribution in [0.1, 0.15) is 12.2 Å². The zero-order valence-corrected chi connectivity index (χ0v) is 13.6. The van der Waals surface area contributed by atoms with Gasteiger partial charge in [0.1, 0.15) is 11.6 Å². The lowest BCUT2D eigenvalue weighted by Crippen LogP contribution is -2.29. The van der Waals surface area contributed by atoms with Crippen LogP contribution in [0, 0.1) is 12.8 Å². The summed E-state index contributed by atoms with van der Waals surface area (Å²) in [5.41, 5.74) is 0.937. The van der Waals surface area contributed by atoms with Crippen molar-refractivity contribution >= 4 is 22.6 Å². The van der Waals surface area contributed by atoms with Crippen molar-refractivity contribution in [1.29, 1.82) is 0 Å². The highest BCUT2D eigenvalue weighted by Gasteiger charge is 2.29. The van der Waals surface area contributed by atoms with Crippen LogP contribution in [-0.2, 0) is 9.53 Å². The van der Waals surface area contributed by atoms with E-state index in [9.17, 15) is 4.79 Å². The quantitative estimate of drug-likeness (QED) is 0.881. The Kier molecular flexibility index (Phi) is 4.71. The van der Waals surface area contributed by atoms with Crippen LogP contribution in [0.25, 0.3) is 10.9 Å². The van der Waals surface area contributed by atoms with E-state index >= 15 is 0 Å². The molecule has 1 N–H and O–H groups in total. The number of benzene rings is 1. The van der Waals surface area contributed by atoms with E-state index in [1.807, 2.05) is 36.1 Å². The average Bonchev–Trinajstić information content (AvgIpc) is 2.90. The highest BCUT2D eigenvalue weighted by molar-refractivity contribution is 5.89. The van der Waals surface area contributed by atoms with Gasteiger partial charge < -0.3 is 15.0 Å². The third-order valence-electron chi connectivity index (χ3n) is 4.13. The second kappa shape index (κ2) is 6.91. The Bertz CT molecular complexity index is 704. The van der Waals surface area contributed by atoms with Gasteiger partial charge in [-0.1, -0.05) is 12.1 Å². The highest BCUT2D eigenvalue weighted by Crippen LogP contribution is 2.22. The van der Waals surface area contributed by atoms with Crippen LogP contribution < -0.4 is 5.32 Å². The number of nitrogens with zero attached hydrogens (tertiary/aromatic N) is 3. The molecule has 2 heterocycles. The molecule has 1 aromatic carbocycles. The highest BCUT2D eigenvalue weighted by atomic mass is 16.5. The van der Waals surface area contributed by atoms with Gasteiger partial charge in [-0.15, -0.1) is 0 Å². The van der Waals surface area contributed by atoms with Crippen LogP contribution in [0.2, 0.25) is 0 Å². The molecule has 1 atom stereocenters. The average molecular weight is 314 g/mol. The van der Waals surface area contributed by atoms with Crippen molar-refractivity contribution < 1.29 is 9.53 Å². The molecule has 0 bridgehead atoms. The van der Waals surface area contributed by atoms with Crippen LogP contribution in [0.5, 0.6) is 0 Å². The number of ether oxygens (including phenoxy) is 1. The monoisotopic (exact) mass is 314 g/mol. The van der Waals surface area contributed by atoms with Gasteiger partial charge >= 0.3 is 0 Å². The summed E-state index contributed by atoms with van der Waals surface area (Å²) in [7, 11) is 1.65. The fourth-order valence-corrected chi connectivity index (χ4v) is 2.98. The van der Waals surface area contributed by atoms with Crippen molar-refractivity contribution in [3.05, 3.63) is 30.1 Å². The van der Waals surface area contributed by atoms with Gasteiger partial charge in [-0.25, -0.2) is 9.97 Å². The third kappa shape index (κ3) is 3.59. The number of para-hydroxylation sites is 1. The summed E-state index contributed by atoms with van der Waals surface area (Å²) in [5.74, 6) is 2.09. The number of aryl methyl sites for hydroxylation is 1. The number of likely N-dealkylation sites (tertiary alicyclic amines) is 1. The normalized spacial score (nSPS) is 17.9. The number of hydrogen-bond donors (Lipinski definition) is 1. The molecule has 0 saturated carbocycles. The minimum atomic E-state index is 0.206. The van der Waals surface area contributed by atoms with E-state index < -0.39 is 0 Å². The summed E-state index contributed by atoms with van der Waals surface area (Å²) in [5, 5.41) is 4.42. The zero-order valence-electron chi connectivity index (χ0n) is 13.6. The first-order chi connectivity index (χ1) is 11.2. The Hall–Kier alpha value is -2.21. The molecule has 2 aromatic rings. The van der Waals surface area contributed by atoms with Crippen LogP contribution in [0.15, 0.2) is 24.3 Å². The maximum absolute atomic E-state index is 12.0. The third-order valence-corrected chi connectivity index (χ3v) is 4.13. The number of carbonyl (C=O) groups excluding carboxylic acids is 1. The Morgan fingerprint density at radius 2 is 2.17 bits per heavy atom. The largest absolute Gasteiger partial charge is 0.383 e. The Balaban J connectivity index is 1.66. The number of aromatic nitrogens is 2. The van der Waals surface area contributed by atoms with Crippen LogP contribution in [0.3, 0.4) is 0 Å². The number of carbonyl (C=O) groups is 1. The van der Waals surface area contributed by atoms with Crippen LogP contribution in [-0.4, -0.2) is 54.1 Å². The van der Waals surface area contributed by atoms with Crippen molar-refractivity contribution in [2.24, 2.45) is 5.92 Å². The molecule has 1 aliphatic heterocycles. The van der Waals surface area contributed by atoms with E-state index in [2.05, 4.69) is 15.3 Å². The van der Waals surface area contributed by atoms with Crippen molar-refractivity contribution in [3.63, 3.8) is 0 Å². The minimum Gasteiger partial charge on any atom is -0.383 e. The van der Waals surface area contributed by atoms with Gasteiger partial charge in [0.15, 0.2) is 0 Å². The van der Waals surface area contributed by atoms with E-state index in [0.717, 1.165) is 35.6 Å². The van der Waals surface area contributed by atoms with Crippen molar-refractivity contribution in [1.82, 2.24) is 14.9 Å². The second-order valence-electron chi connectivity index (χ2n) is 5.92. The summed E-state index contributed by atoms with van der Waals surface area (Å²) >= 11 is 0. The smallest absolute Gasteiger partial charge is 0.223 e. The minimum absolute atomic E-state index is 0.206. The van der Waals surface area contributed by atoms with Crippen LogP contribution in [0.4, 0.5) is 5.82 Å². The van der Waals surface area contributed by atoms with Gasteiger partial charge in [-0.05, 0) is 19.1 Å². The van der Waals surface area contributed by atoms with Gasteiger partial charge in [-0.2, -0.15) is 0 Å². The number of hydrogen-bond acceptors (Lipinski definition) is 5. The first kappa shape index (κ1) is 15.7.